The summed E-state index contributed by atoms with van der Waals surface area (Å²) < 4.78 is 5.30. The van der Waals surface area contributed by atoms with Crippen molar-refractivity contribution >= 4 is 0 Å². The Hall–Kier alpha value is -0.0800. The van der Waals surface area contributed by atoms with Gasteiger partial charge in [-0.05, 0) is 26.2 Å². The third kappa shape index (κ3) is 4.63. The molecule has 0 spiro atoms. The van der Waals surface area contributed by atoms with E-state index < -0.39 is 0 Å². The van der Waals surface area contributed by atoms with Crippen LogP contribution in [0.4, 0.5) is 0 Å². The Morgan fingerprint density at radius 2 is 1.54 bits per heavy atom. The van der Waals surface area contributed by atoms with Gasteiger partial charge in [0.05, 0.1) is 6.61 Å². The molecule has 0 unspecified atom stereocenters. The molecule has 0 aromatic heterocycles. The van der Waals surface area contributed by atoms with Gasteiger partial charge in [0.2, 0.25) is 0 Å². The van der Waals surface area contributed by atoms with Crippen LogP contribution in [0.2, 0.25) is 0 Å². The Morgan fingerprint density at radius 1 is 1.00 bits per heavy atom. The molecule has 0 bridgehead atoms. The van der Waals surface area contributed by atoms with Crippen molar-refractivity contribution in [1.29, 1.82) is 0 Å². The van der Waals surface area contributed by atoms with Gasteiger partial charge >= 0.3 is 0 Å². The van der Waals surface area contributed by atoms with Crippen LogP contribution in [0.15, 0.2) is 0 Å². The lowest BCUT2D eigenvalue weighted by Gasteiger charge is -2.32. The van der Waals surface area contributed by atoms with E-state index in [1.54, 1.807) is 0 Å². The molecular formula is C11H25NO. The van der Waals surface area contributed by atoms with E-state index in [4.69, 9.17) is 4.74 Å². The van der Waals surface area contributed by atoms with Crippen molar-refractivity contribution in [2.24, 2.45) is 0 Å². The predicted octanol–water partition coefficient (Wildman–Crippen LogP) is 2.58. The van der Waals surface area contributed by atoms with Gasteiger partial charge in [-0.2, -0.15) is 0 Å². The Balaban J connectivity index is 3.68. The summed E-state index contributed by atoms with van der Waals surface area (Å²) in [6.45, 7) is 11.4. The van der Waals surface area contributed by atoms with Gasteiger partial charge in [-0.15, -0.1) is 0 Å². The standard InChI is InChI=1S/C11H25NO/c1-5-11(6-2,7-3)12-9-10-13-8-4/h12H,5-10H2,1-4H3. The molecule has 2 nitrogen and oxygen atoms in total. The Morgan fingerprint density at radius 3 is 1.92 bits per heavy atom. The molecule has 0 aliphatic carbocycles. The first-order valence-electron chi connectivity index (χ1n) is 5.57. The van der Waals surface area contributed by atoms with Gasteiger partial charge in [-0.1, -0.05) is 20.8 Å². The SMILES string of the molecule is CCOCCNC(CC)(CC)CC. The molecule has 0 aromatic carbocycles. The molecule has 2 heteroatoms. The van der Waals surface area contributed by atoms with Crippen LogP contribution in [-0.2, 0) is 4.74 Å². The molecule has 80 valence electrons. The van der Waals surface area contributed by atoms with E-state index >= 15 is 0 Å². The average molecular weight is 187 g/mol. The number of ether oxygens (including phenoxy) is 1. The molecule has 13 heavy (non-hydrogen) atoms. The fourth-order valence-corrected chi connectivity index (χ4v) is 1.66. The number of rotatable bonds is 8. The van der Waals surface area contributed by atoms with Crippen LogP contribution < -0.4 is 5.32 Å². The lowest BCUT2D eigenvalue weighted by atomic mass is 9.90. The van der Waals surface area contributed by atoms with Crippen molar-refractivity contribution in [1.82, 2.24) is 5.32 Å². The minimum atomic E-state index is 0.344. The summed E-state index contributed by atoms with van der Waals surface area (Å²) in [5, 5.41) is 3.59. The van der Waals surface area contributed by atoms with Crippen LogP contribution in [0.5, 0.6) is 0 Å². The van der Waals surface area contributed by atoms with E-state index in [0.29, 0.717) is 5.54 Å². The molecule has 0 aliphatic heterocycles. The summed E-state index contributed by atoms with van der Waals surface area (Å²) in [7, 11) is 0. The lowest BCUT2D eigenvalue weighted by molar-refractivity contribution is 0.137. The maximum atomic E-state index is 5.30. The summed E-state index contributed by atoms with van der Waals surface area (Å²) >= 11 is 0. The highest BCUT2D eigenvalue weighted by molar-refractivity contribution is 4.83. The van der Waals surface area contributed by atoms with Crippen molar-refractivity contribution in [2.45, 2.75) is 52.5 Å². The monoisotopic (exact) mass is 187 g/mol. The summed E-state index contributed by atoms with van der Waals surface area (Å²) in [6.07, 6.45) is 3.60. The number of hydrogen-bond acceptors (Lipinski definition) is 2. The highest BCUT2D eigenvalue weighted by atomic mass is 16.5. The molecule has 0 saturated carbocycles. The van der Waals surface area contributed by atoms with Crippen LogP contribution in [0.3, 0.4) is 0 Å². The van der Waals surface area contributed by atoms with Gasteiger partial charge < -0.3 is 10.1 Å². The Bertz CT molecular complexity index is 102. The van der Waals surface area contributed by atoms with Crippen molar-refractivity contribution in [3.05, 3.63) is 0 Å². The fourth-order valence-electron chi connectivity index (χ4n) is 1.66. The Labute approximate surface area is 83.1 Å². The molecule has 0 radical (unpaired) electrons. The molecule has 0 atom stereocenters. The highest BCUT2D eigenvalue weighted by Gasteiger charge is 2.21. The first-order valence-corrected chi connectivity index (χ1v) is 5.57. The molecule has 0 amide bonds. The third-order valence-electron chi connectivity index (χ3n) is 2.98. The van der Waals surface area contributed by atoms with Crippen molar-refractivity contribution in [2.75, 3.05) is 19.8 Å². The summed E-state index contributed by atoms with van der Waals surface area (Å²) in [5.74, 6) is 0. The minimum Gasteiger partial charge on any atom is -0.380 e. The largest absolute Gasteiger partial charge is 0.380 e. The molecule has 0 fully saturated rings. The van der Waals surface area contributed by atoms with Crippen LogP contribution in [0, 0.1) is 0 Å². The van der Waals surface area contributed by atoms with Gasteiger partial charge in [0, 0.05) is 18.7 Å². The second kappa shape index (κ2) is 7.34. The first-order chi connectivity index (χ1) is 6.24. The molecular weight excluding hydrogens is 162 g/mol. The molecule has 0 aliphatic rings. The molecule has 0 saturated heterocycles. The maximum absolute atomic E-state index is 5.30. The van der Waals surface area contributed by atoms with E-state index in [0.717, 1.165) is 19.8 Å². The molecule has 0 aromatic rings. The number of nitrogens with one attached hydrogen (secondary N) is 1. The van der Waals surface area contributed by atoms with Gasteiger partial charge in [-0.25, -0.2) is 0 Å². The average Bonchev–Trinajstić information content (AvgIpc) is 2.20. The van der Waals surface area contributed by atoms with E-state index in [-0.39, 0.29) is 0 Å². The quantitative estimate of drug-likeness (QED) is 0.590. The van der Waals surface area contributed by atoms with E-state index in [1.807, 2.05) is 6.92 Å². The van der Waals surface area contributed by atoms with E-state index in [9.17, 15) is 0 Å². The van der Waals surface area contributed by atoms with Crippen molar-refractivity contribution in [3.63, 3.8) is 0 Å². The zero-order valence-corrected chi connectivity index (χ0v) is 9.65. The van der Waals surface area contributed by atoms with Gasteiger partial charge in [0.15, 0.2) is 0 Å². The third-order valence-corrected chi connectivity index (χ3v) is 2.98. The van der Waals surface area contributed by atoms with Gasteiger partial charge in [-0.3, -0.25) is 0 Å². The fraction of sp³-hybridized carbons (Fsp3) is 1.00. The summed E-state index contributed by atoms with van der Waals surface area (Å²) in [4.78, 5) is 0. The topological polar surface area (TPSA) is 21.3 Å². The normalized spacial score (nSPS) is 12.0. The smallest absolute Gasteiger partial charge is 0.0590 e. The van der Waals surface area contributed by atoms with Crippen molar-refractivity contribution < 1.29 is 4.74 Å². The van der Waals surface area contributed by atoms with Crippen molar-refractivity contribution in [3.8, 4) is 0 Å². The molecule has 1 N–H and O–H groups in total. The van der Waals surface area contributed by atoms with Crippen LogP contribution in [-0.4, -0.2) is 25.3 Å². The van der Waals surface area contributed by atoms with Gasteiger partial charge in [0.1, 0.15) is 0 Å². The second-order valence-electron chi connectivity index (χ2n) is 3.46. The van der Waals surface area contributed by atoms with Gasteiger partial charge in [0.25, 0.3) is 0 Å². The summed E-state index contributed by atoms with van der Waals surface area (Å²) in [5.41, 5.74) is 0.344. The summed E-state index contributed by atoms with van der Waals surface area (Å²) in [6, 6.07) is 0. The Kier molecular flexibility index (Phi) is 7.29. The zero-order valence-electron chi connectivity index (χ0n) is 9.65. The first kappa shape index (κ1) is 12.9. The molecule has 0 heterocycles. The molecule has 0 rings (SSSR count). The van der Waals surface area contributed by atoms with Crippen LogP contribution in [0.25, 0.3) is 0 Å². The number of hydrogen-bond donors (Lipinski definition) is 1. The van der Waals surface area contributed by atoms with E-state index in [1.165, 1.54) is 19.3 Å². The van der Waals surface area contributed by atoms with E-state index in [2.05, 4.69) is 26.1 Å². The second-order valence-corrected chi connectivity index (χ2v) is 3.46. The minimum absolute atomic E-state index is 0.344. The predicted molar refractivity (Wildman–Crippen MR) is 58.1 cm³/mol. The maximum Gasteiger partial charge on any atom is 0.0590 e. The highest BCUT2D eigenvalue weighted by Crippen LogP contribution is 2.18. The van der Waals surface area contributed by atoms with Crippen LogP contribution >= 0.6 is 0 Å². The zero-order chi connectivity index (χ0) is 10.2. The lowest BCUT2D eigenvalue weighted by Crippen LogP contribution is -2.45. The van der Waals surface area contributed by atoms with Crippen LogP contribution in [0.1, 0.15) is 47.0 Å².